The predicted octanol–water partition coefficient (Wildman–Crippen LogP) is 3.53. The number of ether oxygens (including phenoxy) is 1. The molecule has 0 fully saturated rings. The van der Waals surface area contributed by atoms with Gasteiger partial charge >= 0.3 is 5.97 Å². The van der Waals surface area contributed by atoms with E-state index in [0.29, 0.717) is 12.2 Å². The summed E-state index contributed by atoms with van der Waals surface area (Å²) < 4.78 is 6.72. The van der Waals surface area contributed by atoms with Crippen LogP contribution in [0.5, 0.6) is 5.75 Å². The number of benzene rings is 1. The Bertz CT molecular complexity index is 323. The summed E-state index contributed by atoms with van der Waals surface area (Å²) in [5.41, 5.74) is 0. The van der Waals surface area contributed by atoms with Gasteiger partial charge in [0.05, 0.1) is 4.47 Å². The van der Waals surface area contributed by atoms with E-state index in [-0.39, 0.29) is 5.97 Å². The van der Waals surface area contributed by atoms with Crippen LogP contribution in [0.3, 0.4) is 0 Å². The molecule has 0 bridgehead atoms. The summed E-state index contributed by atoms with van der Waals surface area (Å²) in [6, 6.07) is 5.44. The molecule has 0 N–H and O–H groups in total. The zero-order valence-electron chi connectivity index (χ0n) is 7.01. The molecule has 0 amide bonds. The summed E-state index contributed by atoms with van der Waals surface area (Å²) in [7, 11) is 0. The molecule has 0 aliphatic carbocycles. The number of carbonyl (C=O) groups excluding carboxylic acids is 1. The van der Waals surface area contributed by atoms with Crippen LogP contribution in [-0.2, 0) is 4.79 Å². The Balaban J connectivity index is 2.87. The van der Waals surface area contributed by atoms with E-state index in [1.54, 1.807) is 13.0 Å². The summed E-state index contributed by atoms with van der Waals surface area (Å²) in [6.07, 6.45) is 0.374. The highest BCUT2D eigenvalue weighted by molar-refractivity contribution is 9.11. The van der Waals surface area contributed by atoms with E-state index in [1.807, 2.05) is 12.1 Å². The zero-order chi connectivity index (χ0) is 9.84. The monoisotopic (exact) mass is 306 g/mol. The topological polar surface area (TPSA) is 26.3 Å². The number of rotatable bonds is 2. The number of halogens is 2. The first-order chi connectivity index (χ1) is 6.13. The average Bonchev–Trinajstić information content (AvgIpc) is 2.11. The second kappa shape index (κ2) is 4.77. The third-order valence-electron chi connectivity index (χ3n) is 1.41. The maximum atomic E-state index is 11.0. The van der Waals surface area contributed by atoms with Crippen LogP contribution in [0.25, 0.3) is 0 Å². The molecule has 0 aliphatic heterocycles. The lowest BCUT2D eigenvalue weighted by atomic mass is 10.3. The molecule has 0 unspecified atom stereocenters. The minimum Gasteiger partial charge on any atom is -0.425 e. The molecule has 1 aromatic carbocycles. The molecule has 2 nitrogen and oxygen atoms in total. The van der Waals surface area contributed by atoms with Crippen LogP contribution in [0.15, 0.2) is 27.1 Å². The SMILES string of the molecule is CCC(=O)Oc1cc(Br)ccc1Br. The summed E-state index contributed by atoms with van der Waals surface area (Å²) >= 11 is 6.59. The molecule has 1 rings (SSSR count). The molecule has 0 radical (unpaired) electrons. The molecular formula is C9H8Br2O2. The largest absolute Gasteiger partial charge is 0.425 e. The highest BCUT2D eigenvalue weighted by atomic mass is 79.9. The number of hydrogen-bond acceptors (Lipinski definition) is 2. The van der Waals surface area contributed by atoms with E-state index in [4.69, 9.17) is 4.74 Å². The Labute approximate surface area is 93.5 Å². The van der Waals surface area contributed by atoms with Crippen molar-refractivity contribution in [2.75, 3.05) is 0 Å². The van der Waals surface area contributed by atoms with Gasteiger partial charge in [0.2, 0.25) is 0 Å². The standard InChI is InChI=1S/C9H8Br2O2/c1-2-9(12)13-8-5-6(10)3-4-7(8)11/h3-5H,2H2,1H3. The fourth-order valence-electron chi connectivity index (χ4n) is 0.750. The van der Waals surface area contributed by atoms with E-state index < -0.39 is 0 Å². The van der Waals surface area contributed by atoms with Crippen molar-refractivity contribution in [1.29, 1.82) is 0 Å². The van der Waals surface area contributed by atoms with Crippen LogP contribution in [0.4, 0.5) is 0 Å². The molecule has 0 aromatic heterocycles. The average molecular weight is 308 g/mol. The third-order valence-corrected chi connectivity index (χ3v) is 2.55. The maximum Gasteiger partial charge on any atom is 0.310 e. The van der Waals surface area contributed by atoms with Crippen LogP contribution in [0, 0.1) is 0 Å². The van der Waals surface area contributed by atoms with Crippen molar-refractivity contribution in [3.05, 3.63) is 27.1 Å². The normalized spacial score (nSPS) is 9.77. The fourth-order valence-corrected chi connectivity index (χ4v) is 1.42. The molecule has 13 heavy (non-hydrogen) atoms. The Morgan fingerprint density at radius 3 is 2.77 bits per heavy atom. The lowest BCUT2D eigenvalue weighted by Gasteiger charge is -2.04. The van der Waals surface area contributed by atoms with Gasteiger partial charge in [-0.1, -0.05) is 22.9 Å². The molecule has 4 heteroatoms. The minimum absolute atomic E-state index is 0.237. The van der Waals surface area contributed by atoms with Crippen LogP contribution < -0.4 is 4.74 Å². The summed E-state index contributed by atoms with van der Waals surface area (Å²) in [5.74, 6) is 0.306. The first-order valence-corrected chi connectivity index (χ1v) is 5.38. The van der Waals surface area contributed by atoms with Gasteiger partial charge in [-0.3, -0.25) is 4.79 Å². The first-order valence-electron chi connectivity index (χ1n) is 3.79. The highest BCUT2D eigenvalue weighted by Gasteiger charge is 2.05. The van der Waals surface area contributed by atoms with E-state index in [1.165, 1.54) is 0 Å². The van der Waals surface area contributed by atoms with Gasteiger partial charge in [-0.05, 0) is 34.1 Å². The maximum absolute atomic E-state index is 11.0. The molecule has 0 aliphatic rings. The van der Waals surface area contributed by atoms with Crippen molar-refractivity contribution >= 4 is 37.8 Å². The molecular weight excluding hydrogens is 300 g/mol. The lowest BCUT2D eigenvalue weighted by Crippen LogP contribution is -2.05. The molecule has 0 atom stereocenters. The van der Waals surface area contributed by atoms with Gasteiger partial charge in [0.1, 0.15) is 5.75 Å². The lowest BCUT2D eigenvalue weighted by molar-refractivity contribution is -0.134. The minimum atomic E-state index is -0.237. The van der Waals surface area contributed by atoms with Gasteiger partial charge in [-0.15, -0.1) is 0 Å². The van der Waals surface area contributed by atoms with Crippen LogP contribution in [0.2, 0.25) is 0 Å². The quantitative estimate of drug-likeness (QED) is 0.617. The van der Waals surface area contributed by atoms with Gasteiger partial charge in [-0.25, -0.2) is 0 Å². The van der Waals surface area contributed by atoms with Crippen molar-refractivity contribution in [2.24, 2.45) is 0 Å². The van der Waals surface area contributed by atoms with Crippen molar-refractivity contribution < 1.29 is 9.53 Å². The Kier molecular flexibility index (Phi) is 3.93. The van der Waals surface area contributed by atoms with E-state index >= 15 is 0 Å². The smallest absolute Gasteiger partial charge is 0.310 e. The summed E-state index contributed by atoms with van der Waals surface area (Å²) in [5, 5.41) is 0. The Morgan fingerprint density at radius 1 is 1.46 bits per heavy atom. The number of hydrogen-bond donors (Lipinski definition) is 0. The molecule has 0 spiro atoms. The number of carbonyl (C=O) groups is 1. The van der Waals surface area contributed by atoms with Gasteiger partial charge in [0.15, 0.2) is 0 Å². The van der Waals surface area contributed by atoms with Crippen molar-refractivity contribution in [2.45, 2.75) is 13.3 Å². The molecule has 0 saturated heterocycles. The third kappa shape index (κ3) is 3.12. The van der Waals surface area contributed by atoms with Gasteiger partial charge in [0, 0.05) is 10.9 Å². The van der Waals surface area contributed by atoms with E-state index in [9.17, 15) is 4.79 Å². The zero-order valence-corrected chi connectivity index (χ0v) is 10.2. The van der Waals surface area contributed by atoms with Crippen molar-refractivity contribution in [1.82, 2.24) is 0 Å². The molecule has 0 heterocycles. The predicted molar refractivity (Wildman–Crippen MR) is 57.8 cm³/mol. The summed E-state index contributed by atoms with van der Waals surface area (Å²) in [4.78, 5) is 11.0. The van der Waals surface area contributed by atoms with Gasteiger partial charge < -0.3 is 4.74 Å². The fraction of sp³-hybridized carbons (Fsp3) is 0.222. The van der Waals surface area contributed by atoms with Crippen molar-refractivity contribution in [3.63, 3.8) is 0 Å². The van der Waals surface area contributed by atoms with Gasteiger partial charge in [-0.2, -0.15) is 0 Å². The Morgan fingerprint density at radius 2 is 2.15 bits per heavy atom. The van der Waals surface area contributed by atoms with Gasteiger partial charge in [0.25, 0.3) is 0 Å². The summed E-state index contributed by atoms with van der Waals surface area (Å²) in [6.45, 7) is 1.76. The van der Waals surface area contributed by atoms with E-state index in [0.717, 1.165) is 8.95 Å². The molecule has 70 valence electrons. The van der Waals surface area contributed by atoms with Crippen LogP contribution in [0.1, 0.15) is 13.3 Å². The van der Waals surface area contributed by atoms with E-state index in [2.05, 4.69) is 31.9 Å². The van der Waals surface area contributed by atoms with Crippen LogP contribution >= 0.6 is 31.9 Å². The first kappa shape index (κ1) is 10.7. The van der Waals surface area contributed by atoms with Crippen molar-refractivity contribution in [3.8, 4) is 5.75 Å². The number of esters is 1. The highest BCUT2D eigenvalue weighted by Crippen LogP contribution is 2.28. The Hall–Kier alpha value is -0.350. The second-order valence-corrected chi connectivity index (χ2v) is 4.17. The molecule has 0 saturated carbocycles. The van der Waals surface area contributed by atoms with Crippen LogP contribution in [-0.4, -0.2) is 5.97 Å². The second-order valence-electron chi connectivity index (χ2n) is 2.40. The molecule has 1 aromatic rings.